The topological polar surface area (TPSA) is 62.4 Å². The summed E-state index contributed by atoms with van der Waals surface area (Å²) in [4.78, 5) is 6.23. The van der Waals surface area contributed by atoms with Crippen LogP contribution in [0.25, 0.3) is 0 Å². The normalized spacial score (nSPS) is 10.5. The van der Waals surface area contributed by atoms with E-state index in [9.17, 15) is 0 Å². The van der Waals surface area contributed by atoms with Gasteiger partial charge in [-0.1, -0.05) is 18.5 Å². The Morgan fingerprint density at radius 1 is 1.50 bits per heavy atom. The lowest BCUT2D eigenvalue weighted by Crippen LogP contribution is -2.28. The van der Waals surface area contributed by atoms with Crippen LogP contribution in [-0.4, -0.2) is 29.8 Å². The van der Waals surface area contributed by atoms with Gasteiger partial charge in [-0.25, -0.2) is 4.98 Å². The molecule has 0 amide bonds. The van der Waals surface area contributed by atoms with Crippen LogP contribution in [0.15, 0.2) is 12.3 Å². The summed E-state index contributed by atoms with van der Waals surface area (Å²) in [5.74, 6) is 0.709. The van der Waals surface area contributed by atoms with E-state index in [1.54, 1.807) is 6.20 Å². The Balaban J connectivity index is 2.98. The molecule has 0 aliphatic carbocycles. The number of hydrogen-bond acceptors (Lipinski definition) is 4. The minimum Gasteiger partial charge on any atom is -0.395 e. The first-order valence-corrected chi connectivity index (χ1v) is 5.81. The van der Waals surface area contributed by atoms with Crippen LogP contribution in [0.4, 0.5) is 5.82 Å². The molecule has 1 heterocycles. The summed E-state index contributed by atoms with van der Waals surface area (Å²) in [6.07, 6.45) is 2.67. The molecular formula is C11H18ClN3O. The van der Waals surface area contributed by atoms with Crippen LogP contribution in [0.5, 0.6) is 0 Å². The van der Waals surface area contributed by atoms with Crippen molar-refractivity contribution in [2.24, 2.45) is 5.73 Å². The third-order valence-corrected chi connectivity index (χ3v) is 2.75. The van der Waals surface area contributed by atoms with Crippen LogP contribution in [0.1, 0.15) is 18.9 Å². The summed E-state index contributed by atoms with van der Waals surface area (Å²) in [6.45, 7) is 3.92. The second-order valence-electron chi connectivity index (χ2n) is 3.52. The highest BCUT2D eigenvalue weighted by Gasteiger charge is 2.12. The van der Waals surface area contributed by atoms with Crippen molar-refractivity contribution in [3.05, 3.63) is 22.8 Å². The molecule has 0 aliphatic heterocycles. The number of aliphatic hydroxyl groups excluding tert-OH is 1. The Kier molecular flexibility index (Phi) is 5.52. The molecule has 16 heavy (non-hydrogen) atoms. The zero-order valence-electron chi connectivity index (χ0n) is 9.49. The second kappa shape index (κ2) is 6.68. The van der Waals surface area contributed by atoms with Gasteiger partial charge in [0.05, 0.1) is 11.6 Å². The van der Waals surface area contributed by atoms with Gasteiger partial charge in [-0.15, -0.1) is 0 Å². The quantitative estimate of drug-likeness (QED) is 0.793. The molecule has 1 rings (SSSR count). The summed E-state index contributed by atoms with van der Waals surface area (Å²) in [5, 5.41) is 9.59. The molecule has 0 unspecified atom stereocenters. The highest BCUT2D eigenvalue weighted by molar-refractivity contribution is 6.33. The smallest absolute Gasteiger partial charge is 0.147 e. The van der Waals surface area contributed by atoms with E-state index in [1.807, 2.05) is 11.0 Å². The molecule has 0 fully saturated rings. The molecule has 0 spiro atoms. The zero-order valence-corrected chi connectivity index (χ0v) is 10.2. The fraction of sp³-hybridized carbons (Fsp3) is 0.545. The van der Waals surface area contributed by atoms with Crippen molar-refractivity contribution in [3.8, 4) is 0 Å². The summed E-state index contributed by atoms with van der Waals surface area (Å²) < 4.78 is 0. The molecule has 1 aromatic heterocycles. The molecule has 4 nitrogen and oxygen atoms in total. The van der Waals surface area contributed by atoms with Gasteiger partial charge in [0.2, 0.25) is 0 Å². The number of nitrogens with two attached hydrogens (primary N) is 1. The summed E-state index contributed by atoms with van der Waals surface area (Å²) >= 11 is 6.21. The maximum atomic E-state index is 9.00. The average molecular weight is 244 g/mol. The van der Waals surface area contributed by atoms with E-state index in [1.165, 1.54) is 0 Å². The van der Waals surface area contributed by atoms with Gasteiger partial charge in [0.1, 0.15) is 5.82 Å². The van der Waals surface area contributed by atoms with E-state index in [2.05, 4.69) is 11.9 Å². The van der Waals surface area contributed by atoms with Gasteiger partial charge >= 0.3 is 0 Å². The van der Waals surface area contributed by atoms with Gasteiger partial charge in [-0.05, 0) is 18.1 Å². The number of nitrogens with zero attached hydrogens (tertiary/aromatic N) is 2. The van der Waals surface area contributed by atoms with E-state index in [0.717, 1.165) is 18.5 Å². The molecule has 1 aromatic rings. The highest BCUT2D eigenvalue weighted by atomic mass is 35.5. The van der Waals surface area contributed by atoms with Gasteiger partial charge in [-0.3, -0.25) is 0 Å². The van der Waals surface area contributed by atoms with E-state index < -0.39 is 0 Å². The largest absolute Gasteiger partial charge is 0.395 e. The van der Waals surface area contributed by atoms with E-state index >= 15 is 0 Å². The standard InChI is InChI=1S/C11H18ClN3O/c1-2-5-15(6-7-16)11-10(12)9(8-13)3-4-14-11/h3-4,16H,2,5-8,13H2,1H3. The molecular weight excluding hydrogens is 226 g/mol. The summed E-state index contributed by atoms with van der Waals surface area (Å²) in [5.41, 5.74) is 6.47. The Morgan fingerprint density at radius 3 is 2.81 bits per heavy atom. The first kappa shape index (κ1) is 13.2. The first-order chi connectivity index (χ1) is 7.74. The minimum atomic E-state index is 0.0882. The number of aliphatic hydroxyl groups is 1. The van der Waals surface area contributed by atoms with Crippen molar-refractivity contribution in [3.63, 3.8) is 0 Å². The fourth-order valence-electron chi connectivity index (χ4n) is 1.56. The molecule has 0 bridgehead atoms. The summed E-state index contributed by atoms with van der Waals surface area (Å²) in [6, 6.07) is 1.81. The molecule has 0 radical (unpaired) electrons. The molecule has 3 N–H and O–H groups in total. The number of anilines is 1. The Hall–Kier alpha value is -0.840. The van der Waals surface area contributed by atoms with Crippen molar-refractivity contribution in [1.82, 2.24) is 4.98 Å². The van der Waals surface area contributed by atoms with Gasteiger partial charge in [-0.2, -0.15) is 0 Å². The third-order valence-electron chi connectivity index (χ3n) is 2.33. The van der Waals surface area contributed by atoms with Crippen LogP contribution in [0.2, 0.25) is 5.02 Å². The van der Waals surface area contributed by atoms with Gasteiger partial charge in [0.25, 0.3) is 0 Å². The maximum Gasteiger partial charge on any atom is 0.147 e. The highest BCUT2D eigenvalue weighted by Crippen LogP contribution is 2.26. The lowest BCUT2D eigenvalue weighted by atomic mass is 10.2. The predicted octanol–water partition coefficient (Wildman–Crippen LogP) is 1.40. The molecule has 0 aliphatic rings. The van der Waals surface area contributed by atoms with Crippen molar-refractivity contribution in [2.75, 3.05) is 24.6 Å². The Morgan fingerprint density at radius 2 is 2.25 bits per heavy atom. The fourth-order valence-corrected chi connectivity index (χ4v) is 1.87. The third kappa shape index (κ3) is 3.07. The Labute approximate surface area is 101 Å². The van der Waals surface area contributed by atoms with Gasteiger partial charge in [0.15, 0.2) is 0 Å². The molecule has 0 saturated heterocycles. The SMILES string of the molecule is CCCN(CCO)c1nccc(CN)c1Cl. The number of hydrogen-bond donors (Lipinski definition) is 2. The lowest BCUT2D eigenvalue weighted by Gasteiger charge is -2.23. The van der Waals surface area contributed by atoms with E-state index in [-0.39, 0.29) is 6.61 Å². The van der Waals surface area contributed by atoms with Crippen LogP contribution >= 0.6 is 11.6 Å². The van der Waals surface area contributed by atoms with Crippen molar-refractivity contribution < 1.29 is 5.11 Å². The zero-order chi connectivity index (χ0) is 12.0. The van der Waals surface area contributed by atoms with Crippen LogP contribution in [0, 0.1) is 0 Å². The number of pyridine rings is 1. The number of halogens is 1. The molecule has 5 heteroatoms. The van der Waals surface area contributed by atoms with Crippen LogP contribution < -0.4 is 10.6 Å². The van der Waals surface area contributed by atoms with Gasteiger partial charge < -0.3 is 15.7 Å². The number of rotatable bonds is 6. The van der Waals surface area contributed by atoms with Crippen molar-refractivity contribution in [2.45, 2.75) is 19.9 Å². The van der Waals surface area contributed by atoms with Crippen molar-refractivity contribution in [1.29, 1.82) is 0 Å². The molecule has 0 aromatic carbocycles. The first-order valence-electron chi connectivity index (χ1n) is 5.43. The monoisotopic (exact) mass is 243 g/mol. The number of aromatic nitrogens is 1. The molecule has 0 atom stereocenters. The molecule has 0 saturated carbocycles. The average Bonchev–Trinajstić information content (AvgIpc) is 2.29. The Bertz CT molecular complexity index is 327. The maximum absolute atomic E-state index is 9.00. The van der Waals surface area contributed by atoms with Gasteiger partial charge in [0, 0.05) is 25.8 Å². The lowest BCUT2D eigenvalue weighted by molar-refractivity contribution is 0.301. The van der Waals surface area contributed by atoms with Crippen LogP contribution in [-0.2, 0) is 6.54 Å². The van der Waals surface area contributed by atoms with Crippen molar-refractivity contribution >= 4 is 17.4 Å². The summed E-state index contributed by atoms with van der Waals surface area (Å²) in [7, 11) is 0. The predicted molar refractivity (Wildman–Crippen MR) is 66.7 cm³/mol. The van der Waals surface area contributed by atoms with E-state index in [4.69, 9.17) is 22.4 Å². The van der Waals surface area contributed by atoms with Crippen LogP contribution in [0.3, 0.4) is 0 Å². The second-order valence-corrected chi connectivity index (χ2v) is 3.90. The molecule has 90 valence electrons. The minimum absolute atomic E-state index is 0.0882. The van der Waals surface area contributed by atoms with E-state index in [0.29, 0.717) is 23.9 Å².